The van der Waals surface area contributed by atoms with Gasteiger partial charge >= 0.3 is 5.97 Å². The minimum atomic E-state index is -0.338. The van der Waals surface area contributed by atoms with Crippen molar-refractivity contribution >= 4 is 75.7 Å². The van der Waals surface area contributed by atoms with Crippen LogP contribution in [0.15, 0.2) is 291 Å². The minimum Gasteiger partial charge on any atom is -0.462 e. The topological polar surface area (TPSA) is 229 Å². The maximum absolute atomic E-state index is 11.9. The predicted octanol–water partition coefficient (Wildman–Crippen LogP) is 23.7. The maximum atomic E-state index is 11.9. The second kappa shape index (κ2) is 44.1. The first-order valence-electron chi connectivity index (χ1n) is 42.0. The van der Waals surface area contributed by atoms with Crippen LogP contribution < -0.4 is 21.3 Å². The Balaban J connectivity index is 0.000000143. The molecule has 0 aliphatic rings. The average molecular weight is 1690 g/mol. The zero-order valence-corrected chi connectivity index (χ0v) is 73.7. The molecule has 0 atom stereocenters. The van der Waals surface area contributed by atoms with E-state index in [4.69, 9.17) is 57.8 Å². The van der Waals surface area contributed by atoms with E-state index in [2.05, 4.69) is 314 Å². The second-order valence-electron chi connectivity index (χ2n) is 31.1. The first-order chi connectivity index (χ1) is 60.6. The Morgan fingerprint density at radius 1 is 0.264 bits per heavy atom. The zero-order chi connectivity index (χ0) is 87.4. The van der Waals surface area contributed by atoms with Gasteiger partial charge in [0.25, 0.3) is 0 Å². The Bertz CT molecular complexity index is 5970. The van der Waals surface area contributed by atoms with Crippen molar-refractivity contribution in [1.82, 2.24) is 59.8 Å². The summed E-state index contributed by atoms with van der Waals surface area (Å²) in [5.74, 6) is 7.73. The number of aryl methyl sites for hydroxylation is 9. The lowest BCUT2D eigenvalue weighted by atomic mass is 10.1. The van der Waals surface area contributed by atoms with Crippen LogP contribution in [0.2, 0.25) is 10.0 Å². The standard InChI is InChI=1S/C28H28N4O2.C27H28N4.2C25H23ClN4/c1-4-34-27(33)23-11-13-24(14-12-23)29-28-31-25(17-21-9-5-7-19(2)15-21)30-26(32-28)18-22-10-6-8-20(3)16-22;1-4-23-13-5-6-14-24(23)28-27-30-25(17-21-11-7-9-19(2)15-21)29-26(31-27)18-22-12-8-10-20(3)16-22;1-17-6-3-8-19(12-17)14-23-28-24(15-20-9-4-7-18(2)13-20)30-25(29-23)27-22-11-5-10-21(26)16-22;1-17-5-3-7-19(13-17)15-23-28-24(16-20-8-4-6-18(2)14-20)30-25(29-23)27-22-11-9-21(26)10-12-22/h5-16H,4,17-18H2,1-3H3,(H,29,30,31,32);5-16H,4,17-18H2,1-3H3,(H,28,29,30,31);3-13,16H,14-15H2,1-2H3,(H,27,28,29,30);3-14H,15-16H2,1-2H3,(H,27,28,29,30). The summed E-state index contributed by atoms with van der Waals surface area (Å²) >= 11 is 12.1. The van der Waals surface area contributed by atoms with Gasteiger partial charge in [-0.25, -0.2) is 24.7 Å². The first kappa shape index (κ1) is 88.7. The Labute approximate surface area is 743 Å². The van der Waals surface area contributed by atoms with Crippen molar-refractivity contribution in [2.45, 2.75) is 127 Å². The number of hydrogen-bond acceptors (Lipinski definition) is 18. The van der Waals surface area contributed by atoms with Gasteiger partial charge in [-0.05, 0) is 192 Å². The van der Waals surface area contributed by atoms with Gasteiger partial charge < -0.3 is 26.0 Å². The molecule has 0 saturated carbocycles. The largest absolute Gasteiger partial charge is 0.462 e. The number of aromatic nitrogens is 12. The third-order valence-electron chi connectivity index (χ3n) is 19.9. The average Bonchev–Trinajstić information content (AvgIpc) is 0.841. The molecule has 4 heterocycles. The van der Waals surface area contributed by atoms with Crippen LogP contribution in [0.4, 0.5) is 46.5 Å². The number of carbonyl (C=O) groups excluding carboxylic acids is 1. The lowest BCUT2D eigenvalue weighted by Crippen LogP contribution is -2.09. The maximum Gasteiger partial charge on any atom is 0.338 e. The van der Waals surface area contributed by atoms with Gasteiger partial charge in [0.2, 0.25) is 23.8 Å². The zero-order valence-electron chi connectivity index (χ0n) is 72.2. The van der Waals surface area contributed by atoms with E-state index in [1.165, 1.54) is 83.5 Å². The van der Waals surface area contributed by atoms with Gasteiger partial charge in [0.15, 0.2) is 0 Å². The normalized spacial score (nSPS) is 10.8. The highest BCUT2D eigenvalue weighted by atomic mass is 35.5. The van der Waals surface area contributed by atoms with Gasteiger partial charge in [0.05, 0.1) is 12.2 Å². The molecule has 4 aromatic heterocycles. The highest BCUT2D eigenvalue weighted by Gasteiger charge is 2.17. The summed E-state index contributed by atoms with van der Waals surface area (Å²) in [6.45, 7) is 21.0. The van der Waals surface area contributed by atoms with E-state index >= 15 is 0 Å². The van der Waals surface area contributed by atoms with Gasteiger partial charge in [-0.3, -0.25) is 0 Å². The van der Waals surface area contributed by atoms with Gasteiger partial charge in [-0.2, -0.15) is 39.9 Å². The molecule has 16 aromatic rings. The highest BCUT2D eigenvalue weighted by molar-refractivity contribution is 6.31. The number of ether oxygens (including phenoxy) is 1. The lowest BCUT2D eigenvalue weighted by molar-refractivity contribution is 0.0526. The van der Waals surface area contributed by atoms with Crippen LogP contribution in [-0.2, 0) is 62.5 Å². The van der Waals surface area contributed by atoms with E-state index in [9.17, 15) is 4.79 Å². The van der Waals surface area contributed by atoms with Crippen LogP contribution in [0.3, 0.4) is 0 Å². The van der Waals surface area contributed by atoms with Crippen molar-refractivity contribution in [3.05, 3.63) is 448 Å². The van der Waals surface area contributed by atoms with Crippen molar-refractivity contribution in [1.29, 1.82) is 0 Å². The number of nitrogens with one attached hydrogen (secondary N) is 4. The Hall–Kier alpha value is -14.1. The molecule has 0 aliphatic carbocycles. The third kappa shape index (κ3) is 28.5. The molecule has 18 nitrogen and oxygen atoms in total. The van der Waals surface area contributed by atoms with E-state index in [0.717, 1.165) is 75.2 Å². The fourth-order valence-corrected chi connectivity index (χ4v) is 14.5. The molecule has 125 heavy (non-hydrogen) atoms. The number of anilines is 8. The van der Waals surface area contributed by atoms with Crippen LogP contribution in [0.5, 0.6) is 0 Å². The summed E-state index contributed by atoms with van der Waals surface area (Å²) < 4.78 is 5.06. The van der Waals surface area contributed by atoms with Crippen LogP contribution in [0, 0.1) is 55.4 Å². The predicted molar refractivity (Wildman–Crippen MR) is 505 cm³/mol. The quantitative estimate of drug-likeness (QED) is 0.0351. The van der Waals surface area contributed by atoms with Crippen molar-refractivity contribution in [3.63, 3.8) is 0 Å². The monoisotopic (exact) mass is 1690 g/mol. The van der Waals surface area contributed by atoms with Crippen molar-refractivity contribution < 1.29 is 9.53 Å². The van der Waals surface area contributed by atoms with Gasteiger partial charge in [-0.15, -0.1) is 0 Å². The first-order valence-corrected chi connectivity index (χ1v) is 42.7. The molecule has 0 bridgehead atoms. The van der Waals surface area contributed by atoms with E-state index in [-0.39, 0.29) is 5.97 Å². The van der Waals surface area contributed by atoms with Gasteiger partial charge in [0, 0.05) is 84.2 Å². The fraction of sp³-hybridized carbons (Fsp3) is 0.190. The van der Waals surface area contributed by atoms with Gasteiger partial charge in [-0.1, -0.05) is 293 Å². The number of rotatable bonds is 27. The van der Waals surface area contributed by atoms with Crippen molar-refractivity contribution in [3.8, 4) is 0 Å². The summed E-state index contributed by atoms with van der Waals surface area (Å²) in [5.41, 5.74) is 24.5. The molecule has 12 aromatic carbocycles. The second-order valence-corrected chi connectivity index (χ2v) is 32.0. The SMILES string of the molecule is CCOC(=O)c1ccc(Nc2nc(Cc3cccc(C)c3)nc(Cc3cccc(C)c3)n2)cc1.CCc1ccccc1Nc1nc(Cc2cccc(C)c2)nc(Cc2cccc(C)c2)n1.Cc1cccc(Cc2nc(Cc3cccc(C)c3)nc(Nc3ccc(Cl)cc3)n2)c1.Cc1cccc(Cc2nc(Cc3cccc(C)c3)nc(Nc3cccc(Cl)c3)n2)c1. The molecular weight excluding hydrogens is 1590 g/mol. The summed E-state index contributed by atoms with van der Waals surface area (Å²) in [7, 11) is 0. The molecule has 0 spiro atoms. The molecule has 0 radical (unpaired) electrons. The number of nitrogens with zero attached hydrogens (tertiary/aromatic N) is 12. The smallest absolute Gasteiger partial charge is 0.338 e. The molecular formula is C105H102Cl2N16O2. The summed E-state index contributed by atoms with van der Waals surface area (Å²) in [4.78, 5) is 68.5. The highest BCUT2D eigenvalue weighted by Crippen LogP contribution is 2.27. The number of halogens is 2. The lowest BCUT2D eigenvalue weighted by Gasteiger charge is -2.12. The molecule has 0 fully saturated rings. The molecule has 4 N–H and O–H groups in total. The van der Waals surface area contributed by atoms with Crippen LogP contribution >= 0.6 is 23.2 Å². The third-order valence-corrected chi connectivity index (χ3v) is 20.4. The van der Waals surface area contributed by atoms with Crippen LogP contribution in [-0.4, -0.2) is 72.4 Å². The number of benzene rings is 12. The molecule has 0 aliphatic heterocycles. The fourth-order valence-electron chi connectivity index (χ4n) is 14.2. The number of hydrogen-bond donors (Lipinski definition) is 4. The van der Waals surface area contributed by atoms with Crippen molar-refractivity contribution in [2.24, 2.45) is 0 Å². The molecule has 0 saturated heterocycles. The number of carbonyl (C=O) groups is 1. The van der Waals surface area contributed by atoms with E-state index in [1.54, 1.807) is 19.1 Å². The minimum absolute atomic E-state index is 0.338. The Morgan fingerprint density at radius 3 is 0.800 bits per heavy atom. The van der Waals surface area contributed by atoms with E-state index in [1.807, 2.05) is 78.9 Å². The van der Waals surface area contributed by atoms with Crippen molar-refractivity contribution in [2.75, 3.05) is 27.9 Å². The molecule has 16 rings (SSSR count). The summed E-state index contributed by atoms with van der Waals surface area (Å²) in [6.07, 6.45) is 6.12. The molecule has 0 unspecified atom stereocenters. The summed E-state index contributed by atoms with van der Waals surface area (Å²) in [6, 6.07) is 97.7. The van der Waals surface area contributed by atoms with Crippen LogP contribution in [0.1, 0.15) is 165 Å². The molecule has 20 heteroatoms. The van der Waals surface area contributed by atoms with E-state index < -0.39 is 0 Å². The Morgan fingerprint density at radius 2 is 0.528 bits per heavy atom. The Kier molecular flexibility index (Phi) is 31.3. The molecule has 628 valence electrons. The number of esters is 1. The van der Waals surface area contributed by atoms with Crippen LogP contribution in [0.25, 0.3) is 0 Å². The van der Waals surface area contributed by atoms with E-state index in [0.29, 0.717) is 109 Å². The molecule has 0 amide bonds. The number of para-hydroxylation sites is 1. The summed E-state index contributed by atoms with van der Waals surface area (Å²) in [5, 5.41) is 14.6. The van der Waals surface area contributed by atoms with Gasteiger partial charge in [0.1, 0.15) is 46.6 Å².